The highest BCUT2D eigenvalue weighted by atomic mass is 16.6. The van der Waals surface area contributed by atoms with Crippen LogP contribution >= 0.6 is 0 Å². The molecule has 0 bridgehead atoms. The molecule has 0 radical (unpaired) electrons. The van der Waals surface area contributed by atoms with Crippen molar-refractivity contribution in [1.29, 1.82) is 0 Å². The number of carbonyl (C=O) groups is 3. The highest BCUT2D eigenvalue weighted by molar-refractivity contribution is 5.71. The molecule has 0 aliphatic heterocycles. The zero-order chi connectivity index (χ0) is 46.5. The SMILES string of the molecule is CC\C=C/C=C\C=C/C=C\CCCCCCCC(=O)OC(COC(=O)CC/C=C\C/C=C\C/C=C\C/C=C\C/C=C\C/C=C\CC)COC(=O)CCCCCCC/C=C\CCCCC. The van der Waals surface area contributed by atoms with Gasteiger partial charge in [0.05, 0.1) is 0 Å². The number of rotatable bonds is 43. The normalized spacial score (nSPS) is 13.2. The largest absolute Gasteiger partial charge is 0.462 e. The Morgan fingerprint density at radius 1 is 0.344 bits per heavy atom. The van der Waals surface area contributed by atoms with E-state index in [1.807, 2.05) is 36.5 Å². The van der Waals surface area contributed by atoms with Crippen molar-refractivity contribution < 1.29 is 28.6 Å². The first-order chi connectivity index (χ1) is 31.5. The summed E-state index contributed by atoms with van der Waals surface area (Å²) in [4.78, 5) is 37.9. The van der Waals surface area contributed by atoms with Crippen molar-refractivity contribution in [2.75, 3.05) is 13.2 Å². The Bertz CT molecular complexity index is 1430. The fraction of sp³-hybridized carbons (Fsp3) is 0.569. The summed E-state index contributed by atoms with van der Waals surface area (Å²) in [7, 11) is 0. The number of hydrogen-bond donors (Lipinski definition) is 0. The summed E-state index contributed by atoms with van der Waals surface area (Å²) >= 11 is 0. The molecule has 0 saturated heterocycles. The van der Waals surface area contributed by atoms with Crippen LogP contribution in [0.1, 0.15) is 194 Å². The summed E-state index contributed by atoms with van der Waals surface area (Å²) in [6.45, 7) is 6.24. The Kier molecular flexibility index (Phi) is 47.6. The van der Waals surface area contributed by atoms with Crippen molar-refractivity contribution >= 4 is 17.9 Å². The fourth-order valence-electron chi connectivity index (χ4n) is 6.24. The van der Waals surface area contributed by atoms with Crippen LogP contribution in [0, 0.1) is 0 Å². The van der Waals surface area contributed by atoms with E-state index in [0.29, 0.717) is 12.8 Å². The van der Waals surface area contributed by atoms with Crippen LogP contribution in [0.15, 0.2) is 134 Å². The molecule has 0 aliphatic rings. The van der Waals surface area contributed by atoms with Gasteiger partial charge in [0.2, 0.25) is 0 Å². The first kappa shape index (κ1) is 59.6. The third kappa shape index (κ3) is 48.6. The van der Waals surface area contributed by atoms with Crippen molar-refractivity contribution in [3.63, 3.8) is 0 Å². The quantitative estimate of drug-likeness (QED) is 0.0200. The second kappa shape index (κ2) is 51.2. The Morgan fingerprint density at radius 2 is 0.719 bits per heavy atom. The van der Waals surface area contributed by atoms with Gasteiger partial charge in [-0.25, -0.2) is 0 Å². The van der Waals surface area contributed by atoms with E-state index in [0.717, 1.165) is 116 Å². The van der Waals surface area contributed by atoms with Crippen molar-refractivity contribution in [2.45, 2.75) is 200 Å². The molecule has 1 atom stereocenters. The van der Waals surface area contributed by atoms with E-state index in [1.165, 1.54) is 32.1 Å². The third-order valence-electron chi connectivity index (χ3n) is 9.98. The molecule has 1 unspecified atom stereocenters. The fourth-order valence-corrected chi connectivity index (χ4v) is 6.24. The second-order valence-corrected chi connectivity index (χ2v) is 16.0. The summed E-state index contributed by atoms with van der Waals surface area (Å²) in [6, 6.07) is 0. The molecule has 0 heterocycles. The minimum atomic E-state index is -0.828. The van der Waals surface area contributed by atoms with Gasteiger partial charge in [-0.1, -0.05) is 206 Å². The minimum Gasteiger partial charge on any atom is -0.462 e. The highest BCUT2D eigenvalue weighted by Crippen LogP contribution is 2.12. The van der Waals surface area contributed by atoms with Gasteiger partial charge >= 0.3 is 17.9 Å². The molecule has 0 aliphatic carbocycles. The lowest BCUT2D eigenvalue weighted by molar-refractivity contribution is -0.166. The van der Waals surface area contributed by atoms with Crippen LogP contribution < -0.4 is 0 Å². The lowest BCUT2D eigenvalue weighted by Gasteiger charge is -2.18. The molecule has 6 heteroatoms. The van der Waals surface area contributed by atoms with Gasteiger partial charge in [-0.3, -0.25) is 14.4 Å². The van der Waals surface area contributed by atoms with Gasteiger partial charge in [0.25, 0.3) is 0 Å². The van der Waals surface area contributed by atoms with Crippen LogP contribution in [0.4, 0.5) is 0 Å². The molecule has 0 amide bonds. The van der Waals surface area contributed by atoms with Gasteiger partial charge in [-0.2, -0.15) is 0 Å². The van der Waals surface area contributed by atoms with E-state index >= 15 is 0 Å². The number of carbonyl (C=O) groups excluding carboxylic acids is 3. The number of hydrogen-bond acceptors (Lipinski definition) is 6. The molecule has 0 aromatic rings. The molecule has 0 aromatic carbocycles. The molecule has 0 spiro atoms. The van der Waals surface area contributed by atoms with Gasteiger partial charge < -0.3 is 14.2 Å². The van der Waals surface area contributed by atoms with Crippen molar-refractivity contribution in [1.82, 2.24) is 0 Å². The van der Waals surface area contributed by atoms with Crippen LogP contribution in [0.25, 0.3) is 0 Å². The third-order valence-corrected chi connectivity index (χ3v) is 9.98. The zero-order valence-corrected chi connectivity index (χ0v) is 40.7. The molecular weight excluding hydrogens is 793 g/mol. The van der Waals surface area contributed by atoms with Crippen molar-refractivity contribution in [2.24, 2.45) is 0 Å². The van der Waals surface area contributed by atoms with Gasteiger partial charge in [-0.05, 0) is 103 Å². The van der Waals surface area contributed by atoms with Crippen molar-refractivity contribution in [3.05, 3.63) is 134 Å². The first-order valence-corrected chi connectivity index (χ1v) is 25.2. The van der Waals surface area contributed by atoms with E-state index in [-0.39, 0.29) is 44.0 Å². The maximum atomic E-state index is 12.8. The monoisotopic (exact) mass is 883 g/mol. The zero-order valence-electron chi connectivity index (χ0n) is 40.7. The van der Waals surface area contributed by atoms with Gasteiger partial charge in [0, 0.05) is 19.3 Å². The lowest BCUT2D eigenvalue weighted by Crippen LogP contribution is -2.30. The van der Waals surface area contributed by atoms with E-state index in [9.17, 15) is 14.4 Å². The molecule has 64 heavy (non-hydrogen) atoms. The van der Waals surface area contributed by atoms with E-state index in [4.69, 9.17) is 14.2 Å². The highest BCUT2D eigenvalue weighted by Gasteiger charge is 2.19. The number of esters is 3. The summed E-state index contributed by atoms with van der Waals surface area (Å²) in [5, 5.41) is 0. The first-order valence-electron chi connectivity index (χ1n) is 25.2. The van der Waals surface area contributed by atoms with Crippen LogP contribution in [0.2, 0.25) is 0 Å². The van der Waals surface area contributed by atoms with Crippen LogP contribution in [0.5, 0.6) is 0 Å². The molecule has 0 saturated carbocycles. The molecular formula is C58H90O6. The maximum absolute atomic E-state index is 12.8. The number of unbranched alkanes of at least 4 members (excludes halogenated alkanes) is 13. The minimum absolute atomic E-state index is 0.121. The number of allylic oxidation sites excluding steroid dienone is 22. The molecule has 0 rings (SSSR count). The van der Waals surface area contributed by atoms with Gasteiger partial charge in [0.15, 0.2) is 6.10 Å². The van der Waals surface area contributed by atoms with Crippen LogP contribution in [-0.2, 0) is 28.6 Å². The Balaban J connectivity index is 4.58. The molecule has 0 fully saturated rings. The predicted octanol–water partition coefficient (Wildman–Crippen LogP) is 16.7. The second-order valence-electron chi connectivity index (χ2n) is 16.0. The lowest BCUT2D eigenvalue weighted by atomic mass is 10.1. The Hall–Kier alpha value is -4.45. The molecule has 6 nitrogen and oxygen atoms in total. The van der Waals surface area contributed by atoms with Crippen LogP contribution in [-0.4, -0.2) is 37.2 Å². The number of ether oxygens (including phenoxy) is 3. The molecule has 0 aromatic heterocycles. The standard InChI is InChI=1S/C58H90O6/c1-4-7-10-13-16-19-22-25-27-28-29-30-32-33-36-39-42-45-48-51-57(60)63-54-55(53-62-56(59)50-47-44-41-38-35-24-21-18-15-12-9-6-3)64-58(61)52-49-46-43-40-37-34-31-26-23-20-17-14-11-8-5-2/h7-8,10-11,14,16-21,23,25-27,29-31,33,36,42,45,55H,4-6,9,12-13,15,22,24,28,32,34-35,37-41,43-44,46-54H2,1-3H3/b10-7-,11-8-,17-14-,19-16-,21-18-,23-20-,27-25-,30-29-,31-26-,36-33-,45-42-. The maximum Gasteiger partial charge on any atom is 0.306 e. The van der Waals surface area contributed by atoms with Gasteiger partial charge in [0.1, 0.15) is 13.2 Å². The summed E-state index contributed by atoms with van der Waals surface area (Å²) in [5.41, 5.74) is 0. The smallest absolute Gasteiger partial charge is 0.306 e. The predicted molar refractivity (Wildman–Crippen MR) is 274 cm³/mol. The van der Waals surface area contributed by atoms with E-state index < -0.39 is 6.10 Å². The van der Waals surface area contributed by atoms with Gasteiger partial charge in [-0.15, -0.1) is 0 Å². The Morgan fingerprint density at radius 3 is 1.23 bits per heavy atom. The average molecular weight is 883 g/mol. The van der Waals surface area contributed by atoms with Crippen LogP contribution in [0.3, 0.4) is 0 Å². The van der Waals surface area contributed by atoms with Crippen molar-refractivity contribution in [3.8, 4) is 0 Å². The molecule has 358 valence electrons. The summed E-state index contributed by atoms with van der Waals surface area (Å²) in [5.74, 6) is -1.05. The Labute approximate surface area is 392 Å². The van der Waals surface area contributed by atoms with E-state index in [1.54, 1.807) is 0 Å². The summed E-state index contributed by atoms with van der Waals surface area (Å²) < 4.78 is 16.7. The topological polar surface area (TPSA) is 78.9 Å². The average Bonchev–Trinajstić information content (AvgIpc) is 3.29. The molecule has 0 N–H and O–H groups in total. The van der Waals surface area contributed by atoms with E-state index in [2.05, 4.69) is 118 Å². The summed E-state index contributed by atoms with van der Waals surface area (Å²) in [6.07, 6.45) is 71.6.